The van der Waals surface area contributed by atoms with Gasteiger partial charge in [0.25, 0.3) is 0 Å². The Morgan fingerprint density at radius 2 is 1.59 bits per heavy atom. The van der Waals surface area contributed by atoms with Gasteiger partial charge in [0, 0.05) is 0 Å². The molecular formula is C17H20. The predicted octanol–water partition coefficient (Wildman–Crippen LogP) is 5.29. The van der Waals surface area contributed by atoms with E-state index in [1.54, 1.807) is 0 Å². The molecule has 0 saturated carbocycles. The SMILES string of the molecule is C/C(=C/C(C)(C)C)c1ccc2ccccc2c1. The lowest BCUT2D eigenvalue weighted by Crippen LogP contribution is -2.00. The smallest absolute Gasteiger partial charge is 0.0178 e. The molecule has 0 aliphatic heterocycles. The van der Waals surface area contributed by atoms with Gasteiger partial charge in [0.05, 0.1) is 0 Å². The summed E-state index contributed by atoms with van der Waals surface area (Å²) in [7, 11) is 0. The van der Waals surface area contributed by atoms with Gasteiger partial charge in [-0.1, -0.05) is 63.2 Å². The fraction of sp³-hybridized carbons (Fsp3) is 0.294. The van der Waals surface area contributed by atoms with E-state index in [4.69, 9.17) is 0 Å². The van der Waals surface area contributed by atoms with E-state index in [0.717, 1.165) is 0 Å². The maximum absolute atomic E-state index is 2.33. The summed E-state index contributed by atoms with van der Waals surface area (Å²) < 4.78 is 0. The van der Waals surface area contributed by atoms with Crippen molar-refractivity contribution in [3.8, 4) is 0 Å². The van der Waals surface area contributed by atoms with E-state index in [2.05, 4.69) is 76.2 Å². The molecule has 0 radical (unpaired) electrons. The van der Waals surface area contributed by atoms with Crippen LogP contribution in [0.1, 0.15) is 33.3 Å². The van der Waals surface area contributed by atoms with E-state index >= 15 is 0 Å². The maximum atomic E-state index is 2.33. The fourth-order valence-electron chi connectivity index (χ4n) is 2.17. The highest BCUT2D eigenvalue weighted by Crippen LogP contribution is 2.25. The first-order valence-corrected chi connectivity index (χ1v) is 6.14. The highest BCUT2D eigenvalue weighted by molar-refractivity contribution is 5.86. The molecule has 0 aliphatic rings. The number of hydrogen-bond donors (Lipinski definition) is 0. The molecule has 0 N–H and O–H groups in total. The summed E-state index contributed by atoms with van der Waals surface area (Å²) in [5.41, 5.74) is 2.90. The van der Waals surface area contributed by atoms with Crippen LogP contribution >= 0.6 is 0 Å². The van der Waals surface area contributed by atoms with Gasteiger partial charge in [0.1, 0.15) is 0 Å². The van der Waals surface area contributed by atoms with Crippen molar-refractivity contribution in [1.82, 2.24) is 0 Å². The zero-order valence-electron chi connectivity index (χ0n) is 11.1. The van der Waals surface area contributed by atoms with Crippen LogP contribution in [0.5, 0.6) is 0 Å². The van der Waals surface area contributed by atoms with Crippen LogP contribution in [0.4, 0.5) is 0 Å². The quantitative estimate of drug-likeness (QED) is 0.617. The van der Waals surface area contributed by atoms with Gasteiger partial charge in [0.15, 0.2) is 0 Å². The Balaban J connectivity index is 2.47. The number of benzene rings is 2. The highest BCUT2D eigenvalue weighted by atomic mass is 14.1. The molecule has 0 fully saturated rings. The first-order chi connectivity index (χ1) is 7.96. The summed E-state index contributed by atoms with van der Waals surface area (Å²) in [6.07, 6.45) is 2.33. The molecule has 0 saturated heterocycles. The van der Waals surface area contributed by atoms with Crippen molar-refractivity contribution in [2.24, 2.45) is 5.41 Å². The predicted molar refractivity (Wildman–Crippen MR) is 77.1 cm³/mol. The van der Waals surface area contributed by atoms with Crippen molar-refractivity contribution >= 4 is 16.3 Å². The van der Waals surface area contributed by atoms with Gasteiger partial charge >= 0.3 is 0 Å². The summed E-state index contributed by atoms with van der Waals surface area (Å²) in [4.78, 5) is 0. The Kier molecular flexibility index (Phi) is 3.06. The molecule has 0 nitrogen and oxygen atoms in total. The van der Waals surface area contributed by atoms with Crippen LogP contribution < -0.4 is 0 Å². The lowest BCUT2D eigenvalue weighted by atomic mass is 9.91. The third-order valence-electron chi connectivity index (χ3n) is 2.85. The summed E-state index contributed by atoms with van der Waals surface area (Å²) in [5.74, 6) is 0. The topological polar surface area (TPSA) is 0 Å². The third-order valence-corrected chi connectivity index (χ3v) is 2.85. The molecule has 0 heterocycles. The van der Waals surface area contributed by atoms with E-state index < -0.39 is 0 Å². The van der Waals surface area contributed by atoms with Crippen molar-refractivity contribution < 1.29 is 0 Å². The van der Waals surface area contributed by atoms with Crippen molar-refractivity contribution in [3.05, 3.63) is 54.1 Å². The minimum absolute atomic E-state index is 0.232. The minimum atomic E-state index is 0.232. The van der Waals surface area contributed by atoms with Gasteiger partial charge in [-0.3, -0.25) is 0 Å². The zero-order valence-corrected chi connectivity index (χ0v) is 11.1. The standard InChI is InChI=1S/C17H20/c1-13(12-17(2,3)4)15-10-9-14-7-5-6-8-16(14)11-15/h5-12H,1-4H3/b13-12-. The van der Waals surface area contributed by atoms with Crippen LogP contribution in [0.2, 0.25) is 0 Å². The van der Waals surface area contributed by atoms with Crippen LogP contribution in [0, 0.1) is 5.41 Å². The molecule has 0 atom stereocenters. The second kappa shape index (κ2) is 4.37. The van der Waals surface area contributed by atoms with Crippen molar-refractivity contribution in [2.75, 3.05) is 0 Å². The Hall–Kier alpha value is -1.56. The molecule has 0 spiro atoms. The lowest BCUT2D eigenvalue weighted by Gasteiger charge is -2.14. The summed E-state index contributed by atoms with van der Waals surface area (Å²) in [6, 6.07) is 15.2. The van der Waals surface area contributed by atoms with Crippen molar-refractivity contribution in [2.45, 2.75) is 27.7 Å². The second-order valence-corrected chi connectivity index (χ2v) is 5.76. The van der Waals surface area contributed by atoms with E-state index in [1.165, 1.54) is 21.9 Å². The molecule has 0 amide bonds. The largest absolute Gasteiger partial charge is 0.0756 e. The third kappa shape index (κ3) is 2.97. The number of hydrogen-bond acceptors (Lipinski definition) is 0. The van der Waals surface area contributed by atoms with Gasteiger partial charge in [-0.25, -0.2) is 0 Å². The number of allylic oxidation sites excluding steroid dienone is 2. The number of fused-ring (bicyclic) bond motifs is 1. The summed E-state index contributed by atoms with van der Waals surface area (Å²) in [6.45, 7) is 8.89. The average Bonchev–Trinajstić information content (AvgIpc) is 2.26. The molecule has 2 aromatic carbocycles. The van der Waals surface area contributed by atoms with Crippen molar-refractivity contribution in [1.29, 1.82) is 0 Å². The number of rotatable bonds is 1. The highest BCUT2D eigenvalue weighted by Gasteiger charge is 2.07. The average molecular weight is 224 g/mol. The van der Waals surface area contributed by atoms with Gasteiger partial charge < -0.3 is 0 Å². The van der Waals surface area contributed by atoms with Crippen LogP contribution in [-0.4, -0.2) is 0 Å². The molecular weight excluding hydrogens is 204 g/mol. The maximum Gasteiger partial charge on any atom is -0.0178 e. The lowest BCUT2D eigenvalue weighted by molar-refractivity contribution is 0.545. The molecule has 0 heteroatoms. The normalized spacial score (nSPS) is 13.1. The molecule has 2 rings (SSSR count). The molecule has 88 valence electrons. The molecule has 2 aromatic rings. The minimum Gasteiger partial charge on any atom is -0.0756 e. The summed E-state index contributed by atoms with van der Waals surface area (Å²) >= 11 is 0. The Bertz CT molecular complexity index is 554. The Labute approximate surface area is 104 Å². The van der Waals surface area contributed by atoms with E-state index in [9.17, 15) is 0 Å². The van der Waals surface area contributed by atoms with Gasteiger partial charge in [0.2, 0.25) is 0 Å². The molecule has 0 unspecified atom stereocenters. The van der Waals surface area contributed by atoms with E-state index in [1.807, 2.05) is 0 Å². The van der Waals surface area contributed by atoms with Gasteiger partial charge in [-0.05, 0) is 40.3 Å². The molecule has 0 bridgehead atoms. The van der Waals surface area contributed by atoms with Crippen LogP contribution in [0.25, 0.3) is 16.3 Å². The fourth-order valence-corrected chi connectivity index (χ4v) is 2.17. The Morgan fingerprint density at radius 3 is 2.24 bits per heavy atom. The van der Waals surface area contributed by atoms with Crippen LogP contribution in [0.15, 0.2) is 48.5 Å². The summed E-state index contributed by atoms with van der Waals surface area (Å²) in [5, 5.41) is 2.62. The van der Waals surface area contributed by atoms with E-state index in [0.29, 0.717) is 0 Å². The molecule has 0 aromatic heterocycles. The van der Waals surface area contributed by atoms with Crippen LogP contribution in [0.3, 0.4) is 0 Å². The van der Waals surface area contributed by atoms with Gasteiger partial charge in [-0.15, -0.1) is 0 Å². The second-order valence-electron chi connectivity index (χ2n) is 5.76. The van der Waals surface area contributed by atoms with Crippen molar-refractivity contribution in [3.63, 3.8) is 0 Å². The first kappa shape index (κ1) is 11.9. The first-order valence-electron chi connectivity index (χ1n) is 6.14. The molecule has 0 aliphatic carbocycles. The zero-order chi connectivity index (χ0) is 12.5. The Morgan fingerprint density at radius 1 is 0.941 bits per heavy atom. The van der Waals surface area contributed by atoms with Gasteiger partial charge in [-0.2, -0.15) is 0 Å². The van der Waals surface area contributed by atoms with E-state index in [-0.39, 0.29) is 5.41 Å². The molecule has 17 heavy (non-hydrogen) atoms. The monoisotopic (exact) mass is 224 g/mol. The van der Waals surface area contributed by atoms with Crippen LogP contribution in [-0.2, 0) is 0 Å².